The van der Waals surface area contributed by atoms with Gasteiger partial charge in [-0.25, -0.2) is 4.79 Å². The molecular weight excluding hydrogens is 422 g/mol. The molecule has 156 valence electrons. The first-order chi connectivity index (χ1) is 15.6. The van der Waals surface area contributed by atoms with Crippen LogP contribution in [0.4, 0.5) is 5.69 Å². The number of hydrogen-bond acceptors (Lipinski definition) is 7. The molecule has 0 unspecified atom stereocenters. The van der Waals surface area contributed by atoms with E-state index in [2.05, 4.69) is 17.0 Å². The highest BCUT2D eigenvalue weighted by Crippen LogP contribution is 2.31. The van der Waals surface area contributed by atoms with Crippen LogP contribution >= 0.6 is 11.3 Å². The first kappa shape index (κ1) is 20.9. The van der Waals surface area contributed by atoms with Gasteiger partial charge in [0.05, 0.1) is 0 Å². The van der Waals surface area contributed by atoms with Crippen molar-refractivity contribution in [3.8, 4) is 23.0 Å². The molecule has 0 amide bonds. The Bertz CT molecular complexity index is 1420. The van der Waals surface area contributed by atoms with Gasteiger partial charge in [-0.2, -0.15) is 10.5 Å². The van der Waals surface area contributed by atoms with E-state index in [1.165, 1.54) is 23.0 Å². The highest BCUT2D eigenvalue weighted by atomic mass is 32.1. The fourth-order valence-electron chi connectivity index (χ4n) is 3.15. The lowest BCUT2D eigenvalue weighted by Crippen LogP contribution is -2.16. The van der Waals surface area contributed by atoms with Crippen molar-refractivity contribution in [2.45, 2.75) is 6.54 Å². The molecule has 0 saturated carbocycles. The molecule has 4 rings (SSSR count). The maximum absolute atomic E-state index is 12.5. The summed E-state index contributed by atoms with van der Waals surface area (Å²) in [6.07, 6.45) is 1.47. The maximum Gasteiger partial charge on any atom is 0.379 e. The average molecular weight is 439 g/mol. The molecule has 6 nitrogen and oxygen atoms in total. The third kappa shape index (κ3) is 4.70. The normalized spacial score (nSPS) is 10.2. The van der Waals surface area contributed by atoms with E-state index in [0.29, 0.717) is 15.5 Å². The van der Waals surface area contributed by atoms with E-state index in [4.69, 9.17) is 19.7 Å². The molecule has 0 N–H and O–H groups in total. The Morgan fingerprint density at radius 3 is 2.62 bits per heavy atom. The fourth-order valence-corrected chi connectivity index (χ4v) is 3.96. The van der Waals surface area contributed by atoms with E-state index in [9.17, 15) is 4.79 Å². The van der Waals surface area contributed by atoms with Gasteiger partial charge >= 0.3 is 5.63 Å². The lowest BCUT2D eigenvalue weighted by molar-refractivity contribution is 0.446. The first-order valence-electron chi connectivity index (χ1n) is 9.68. The summed E-state index contributed by atoms with van der Waals surface area (Å²) in [6, 6.07) is 24.5. The molecule has 0 bridgehead atoms. The van der Waals surface area contributed by atoms with E-state index in [1.54, 1.807) is 18.2 Å². The van der Waals surface area contributed by atoms with Crippen molar-refractivity contribution in [1.29, 1.82) is 10.5 Å². The van der Waals surface area contributed by atoms with Gasteiger partial charge in [0, 0.05) is 35.6 Å². The van der Waals surface area contributed by atoms with Crippen molar-refractivity contribution in [3.05, 3.63) is 93.2 Å². The Hall–Kier alpha value is -4.33. The highest BCUT2D eigenvalue weighted by molar-refractivity contribution is 7.14. The van der Waals surface area contributed by atoms with Crippen LogP contribution in [0.25, 0.3) is 17.0 Å². The van der Waals surface area contributed by atoms with Gasteiger partial charge in [0.25, 0.3) is 0 Å². The summed E-state index contributed by atoms with van der Waals surface area (Å²) in [4.78, 5) is 15.2. The Balaban J connectivity index is 1.56. The van der Waals surface area contributed by atoms with E-state index < -0.39 is 5.63 Å². The van der Waals surface area contributed by atoms with Gasteiger partial charge in [0.2, 0.25) is 5.75 Å². The fraction of sp³-hybridized carbons (Fsp3) is 0.0800. The number of fused-ring (bicyclic) bond motifs is 1. The summed E-state index contributed by atoms with van der Waals surface area (Å²) in [5, 5.41) is 18.9. The molecule has 0 radical (unpaired) electrons. The molecule has 0 atom stereocenters. The van der Waals surface area contributed by atoms with Gasteiger partial charge in [0.1, 0.15) is 23.3 Å². The molecule has 4 aromatic rings. The Morgan fingerprint density at radius 1 is 1.09 bits per heavy atom. The highest BCUT2D eigenvalue weighted by Gasteiger charge is 2.11. The molecule has 0 spiro atoms. The number of anilines is 1. The Kier molecular flexibility index (Phi) is 6.03. The van der Waals surface area contributed by atoms with E-state index in [1.807, 2.05) is 55.6 Å². The summed E-state index contributed by atoms with van der Waals surface area (Å²) >= 11 is 1.22. The van der Waals surface area contributed by atoms with Crippen LogP contribution in [0.5, 0.6) is 10.8 Å². The predicted octanol–water partition coefficient (Wildman–Crippen LogP) is 5.71. The summed E-state index contributed by atoms with van der Waals surface area (Å²) < 4.78 is 11.2. The lowest BCUT2D eigenvalue weighted by Gasteiger charge is -2.19. The average Bonchev–Trinajstić information content (AvgIpc) is 3.25. The van der Waals surface area contributed by atoms with Crippen LogP contribution in [0.15, 0.2) is 81.5 Å². The second-order valence-electron chi connectivity index (χ2n) is 7.00. The van der Waals surface area contributed by atoms with Crippen LogP contribution in [-0.2, 0) is 6.54 Å². The molecule has 0 aliphatic heterocycles. The van der Waals surface area contributed by atoms with Crippen molar-refractivity contribution >= 4 is 34.1 Å². The minimum atomic E-state index is -0.583. The van der Waals surface area contributed by atoms with Gasteiger partial charge in [-0.15, -0.1) is 0 Å². The number of ether oxygens (including phenoxy) is 1. The minimum absolute atomic E-state index is 0.00310. The molecular formula is C25H17N3O3S. The van der Waals surface area contributed by atoms with E-state index in [0.717, 1.165) is 17.6 Å². The molecule has 7 heteroatoms. The van der Waals surface area contributed by atoms with Gasteiger partial charge in [-0.3, -0.25) is 0 Å². The van der Waals surface area contributed by atoms with Gasteiger partial charge < -0.3 is 14.1 Å². The standard InChI is InChI=1S/C25H17N3O3S/c1-28(16-17-5-3-2-4-6-17)20-8-7-19-12-23(25(29)31-22(19)13-20)30-24-10-9-21(32-24)11-18(14-26)15-27/h2-13H,16H2,1H3. The van der Waals surface area contributed by atoms with Crippen LogP contribution in [0.1, 0.15) is 10.4 Å². The van der Waals surface area contributed by atoms with Crippen molar-refractivity contribution in [2.75, 3.05) is 11.9 Å². The number of hydrogen-bond donors (Lipinski definition) is 0. The number of rotatable bonds is 6. The lowest BCUT2D eigenvalue weighted by atomic mass is 10.1. The molecule has 2 aromatic heterocycles. The molecule has 0 fully saturated rings. The number of benzene rings is 2. The predicted molar refractivity (Wildman–Crippen MR) is 125 cm³/mol. The van der Waals surface area contributed by atoms with Crippen molar-refractivity contribution in [3.63, 3.8) is 0 Å². The van der Waals surface area contributed by atoms with Crippen LogP contribution in [0.2, 0.25) is 0 Å². The third-order valence-corrected chi connectivity index (χ3v) is 5.64. The molecule has 2 heterocycles. The van der Waals surface area contributed by atoms with Crippen LogP contribution in [-0.4, -0.2) is 7.05 Å². The van der Waals surface area contributed by atoms with Crippen molar-refractivity contribution in [2.24, 2.45) is 0 Å². The zero-order valence-electron chi connectivity index (χ0n) is 17.1. The van der Waals surface area contributed by atoms with Gasteiger partial charge in [0.15, 0.2) is 5.06 Å². The summed E-state index contributed by atoms with van der Waals surface area (Å²) in [6.45, 7) is 0.728. The van der Waals surface area contributed by atoms with Crippen LogP contribution in [0, 0.1) is 22.7 Å². The molecule has 32 heavy (non-hydrogen) atoms. The largest absolute Gasteiger partial charge is 0.439 e. The second kappa shape index (κ2) is 9.22. The van der Waals surface area contributed by atoms with Crippen LogP contribution in [0.3, 0.4) is 0 Å². The number of nitrogens with zero attached hydrogens (tertiary/aromatic N) is 3. The zero-order chi connectivity index (χ0) is 22.5. The smallest absolute Gasteiger partial charge is 0.379 e. The Morgan fingerprint density at radius 2 is 1.88 bits per heavy atom. The second-order valence-corrected chi connectivity index (χ2v) is 8.08. The summed E-state index contributed by atoms with van der Waals surface area (Å²) in [7, 11) is 1.98. The monoisotopic (exact) mass is 439 g/mol. The quantitative estimate of drug-likeness (QED) is 0.282. The van der Waals surface area contributed by atoms with E-state index in [-0.39, 0.29) is 11.3 Å². The third-order valence-electron chi connectivity index (χ3n) is 4.73. The molecule has 0 saturated heterocycles. The number of allylic oxidation sites excluding steroid dienone is 1. The van der Waals surface area contributed by atoms with Gasteiger partial charge in [-0.1, -0.05) is 41.7 Å². The SMILES string of the molecule is CN(Cc1ccccc1)c1ccc2cc(Oc3ccc(C=C(C#N)C#N)s3)c(=O)oc2c1. The summed E-state index contributed by atoms with van der Waals surface area (Å²) in [5.74, 6) is 0.0704. The molecule has 2 aromatic carbocycles. The van der Waals surface area contributed by atoms with Crippen molar-refractivity contribution in [1.82, 2.24) is 0 Å². The number of thiophene rings is 1. The molecule has 0 aliphatic carbocycles. The van der Waals surface area contributed by atoms with Gasteiger partial charge in [-0.05, 0) is 42.0 Å². The van der Waals surface area contributed by atoms with Crippen molar-refractivity contribution < 1.29 is 9.15 Å². The zero-order valence-corrected chi connectivity index (χ0v) is 17.9. The summed E-state index contributed by atoms with van der Waals surface area (Å²) in [5.41, 5.74) is 2.00. The molecule has 0 aliphatic rings. The minimum Gasteiger partial charge on any atom is -0.439 e. The maximum atomic E-state index is 12.5. The topological polar surface area (TPSA) is 90.3 Å². The Labute approximate surface area is 188 Å². The number of nitriles is 2. The van der Waals surface area contributed by atoms with Crippen LogP contribution < -0.4 is 15.3 Å². The first-order valence-corrected chi connectivity index (χ1v) is 10.5. The van der Waals surface area contributed by atoms with E-state index >= 15 is 0 Å².